The lowest BCUT2D eigenvalue weighted by Gasteiger charge is -2.23. The molecular formula is C17H28N2. The topological polar surface area (TPSA) is 15.3 Å². The summed E-state index contributed by atoms with van der Waals surface area (Å²) >= 11 is 0. The number of likely N-dealkylation sites (tertiary alicyclic amines) is 1. The first-order valence-corrected chi connectivity index (χ1v) is 7.72. The maximum absolute atomic E-state index is 3.65. The average molecular weight is 260 g/mol. The zero-order chi connectivity index (χ0) is 13.7. The van der Waals surface area contributed by atoms with Crippen molar-refractivity contribution in [1.82, 2.24) is 10.2 Å². The normalized spacial score (nSPS) is 21.7. The smallest absolute Gasteiger partial charge is 0.0334 e. The predicted octanol–water partition coefficient (Wildman–Crippen LogP) is 3.38. The molecule has 0 amide bonds. The first-order valence-electron chi connectivity index (χ1n) is 7.72. The number of nitrogens with one attached hydrogen (secondary N) is 1. The highest BCUT2D eigenvalue weighted by Crippen LogP contribution is 2.22. The summed E-state index contributed by atoms with van der Waals surface area (Å²) in [6.45, 7) is 11.6. The van der Waals surface area contributed by atoms with Crippen molar-refractivity contribution >= 4 is 0 Å². The van der Waals surface area contributed by atoms with Gasteiger partial charge in [-0.3, -0.25) is 0 Å². The van der Waals surface area contributed by atoms with E-state index in [-0.39, 0.29) is 0 Å². The Labute approximate surface area is 118 Å². The number of nitrogens with zero attached hydrogens (tertiary/aromatic N) is 1. The summed E-state index contributed by atoms with van der Waals surface area (Å²) in [5.41, 5.74) is 2.87. The number of hydrogen-bond acceptors (Lipinski definition) is 2. The van der Waals surface area contributed by atoms with Crippen molar-refractivity contribution in [2.45, 2.75) is 39.7 Å². The van der Waals surface area contributed by atoms with E-state index in [1.165, 1.54) is 43.6 Å². The second-order valence-corrected chi connectivity index (χ2v) is 5.95. The fourth-order valence-corrected chi connectivity index (χ4v) is 3.13. The van der Waals surface area contributed by atoms with Gasteiger partial charge in [-0.05, 0) is 56.4 Å². The molecule has 2 heteroatoms. The maximum atomic E-state index is 3.65. The van der Waals surface area contributed by atoms with Gasteiger partial charge in [-0.1, -0.05) is 38.1 Å². The van der Waals surface area contributed by atoms with Crippen LogP contribution in [0.1, 0.15) is 43.9 Å². The van der Waals surface area contributed by atoms with Gasteiger partial charge in [0.2, 0.25) is 0 Å². The minimum absolute atomic E-state index is 0.502. The van der Waals surface area contributed by atoms with Gasteiger partial charge in [0.1, 0.15) is 0 Å². The molecule has 1 N–H and O–H groups in total. The SMILES string of the molecule is CCNC(CCN1CCC(C)C1)c1ccccc1C. The van der Waals surface area contributed by atoms with Crippen LogP contribution in [-0.4, -0.2) is 31.1 Å². The van der Waals surface area contributed by atoms with Crippen molar-refractivity contribution in [3.05, 3.63) is 35.4 Å². The van der Waals surface area contributed by atoms with Crippen molar-refractivity contribution in [2.24, 2.45) is 5.92 Å². The van der Waals surface area contributed by atoms with Gasteiger partial charge >= 0.3 is 0 Å². The predicted molar refractivity (Wildman–Crippen MR) is 82.4 cm³/mol. The van der Waals surface area contributed by atoms with Gasteiger partial charge in [0.15, 0.2) is 0 Å². The van der Waals surface area contributed by atoms with Crippen molar-refractivity contribution in [2.75, 3.05) is 26.2 Å². The molecule has 2 unspecified atom stereocenters. The first kappa shape index (κ1) is 14.5. The van der Waals surface area contributed by atoms with E-state index in [1.807, 2.05) is 0 Å². The second-order valence-electron chi connectivity index (χ2n) is 5.95. The summed E-state index contributed by atoms with van der Waals surface area (Å²) in [4.78, 5) is 2.62. The highest BCUT2D eigenvalue weighted by molar-refractivity contribution is 5.28. The van der Waals surface area contributed by atoms with Crippen LogP contribution in [0, 0.1) is 12.8 Å². The summed E-state index contributed by atoms with van der Waals surface area (Å²) < 4.78 is 0. The Morgan fingerprint density at radius 2 is 2.16 bits per heavy atom. The third-order valence-electron chi connectivity index (χ3n) is 4.26. The van der Waals surface area contributed by atoms with E-state index in [0.717, 1.165) is 12.5 Å². The van der Waals surface area contributed by atoms with Crippen molar-refractivity contribution in [3.63, 3.8) is 0 Å². The zero-order valence-corrected chi connectivity index (χ0v) is 12.7. The van der Waals surface area contributed by atoms with E-state index in [4.69, 9.17) is 0 Å². The van der Waals surface area contributed by atoms with Gasteiger partial charge in [0.05, 0.1) is 0 Å². The lowest BCUT2D eigenvalue weighted by molar-refractivity contribution is 0.302. The minimum Gasteiger partial charge on any atom is -0.310 e. The fraction of sp³-hybridized carbons (Fsp3) is 0.647. The molecule has 0 aromatic heterocycles. The number of rotatable bonds is 6. The van der Waals surface area contributed by atoms with Crippen molar-refractivity contribution in [3.8, 4) is 0 Å². The van der Waals surface area contributed by atoms with Crippen LogP contribution < -0.4 is 5.32 Å². The largest absolute Gasteiger partial charge is 0.310 e. The van der Waals surface area contributed by atoms with Crippen LogP contribution in [-0.2, 0) is 0 Å². The summed E-state index contributed by atoms with van der Waals surface area (Å²) in [6.07, 6.45) is 2.58. The molecule has 1 aliphatic rings. The Kier molecular flexibility index (Phi) is 5.41. The van der Waals surface area contributed by atoms with Crippen molar-refractivity contribution < 1.29 is 0 Å². The number of aryl methyl sites for hydroxylation is 1. The third-order valence-corrected chi connectivity index (χ3v) is 4.26. The van der Waals surface area contributed by atoms with Gasteiger partial charge in [0, 0.05) is 12.6 Å². The van der Waals surface area contributed by atoms with E-state index in [1.54, 1.807) is 0 Å². The van der Waals surface area contributed by atoms with Crippen LogP contribution >= 0.6 is 0 Å². The molecule has 1 fully saturated rings. The quantitative estimate of drug-likeness (QED) is 0.843. The summed E-state index contributed by atoms with van der Waals surface area (Å²) in [6, 6.07) is 9.28. The molecule has 0 radical (unpaired) electrons. The lowest BCUT2D eigenvalue weighted by Crippen LogP contribution is -2.28. The molecule has 1 aromatic carbocycles. The van der Waals surface area contributed by atoms with Gasteiger partial charge in [-0.15, -0.1) is 0 Å². The second kappa shape index (κ2) is 7.06. The molecular weight excluding hydrogens is 232 g/mol. The summed E-state index contributed by atoms with van der Waals surface area (Å²) in [7, 11) is 0. The Morgan fingerprint density at radius 3 is 2.79 bits per heavy atom. The number of hydrogen-bond donors (Lipinski definition) is 1. The maximum Gasteiger partial charge on any atom is 0.0334 e. The molecule has 0 saturated carbocycles. The van der Waals surface area contributed by atoms with Crippen LogP contribution in [0.2, 0.25) is 0 Å². The molecule has 2 rings (SSSR count). The molecule has 2 nitrogen and oxygen atoms in total. The average Bonchev–Trinajstić information content (AvgIpc) is 2.81. The van der Waals surface area contributed by atoms with E-state index >= 15 is 0 Å². The lowest BCUT2D eigenvalue weighted by atomic mass is 9.98. The van der Waals surface area contributed by atoms with E-state index in [9.17, 15) is 0 Å². The van der Waals surface area contributed by atoms with Crippen molar-refractivity contribution in [1.29, 1.82) is 0 Å². The molecule has 2 atom stereocenters. The summed E-state index contributed by atoms with van der Waals surface area (Å²) in [5, 5.41) is 3.65. The highest BCUT2D eigenvalue weighted by Gasteiger charge is 2.20. The molecule has 19 heavy (non-hydrogen) atoms. The van der Waals surface area contributed by atoms with Crippen LogP contribution in [0.5, 0.6) is 0 Å². The van der Waals surface area contributed by atoms with E-state index < -0.39 is 0 Å². The molecule has 1 aliphatic heterocycles. The highest BCUT2D eigenvalue weighted by atomic mass is 15.1. The molecule has 0 spiro atoms. The van der Waals surface area contributed by atoms with Crippen LogP contribution in [0.25, 0.3) is 0 Å². The molecule has 106 valence electrons. The monoisotopic (exact) mass is 260 g/mol. The summed E-state index contributed by atoms with van der Waals surface area (Å²) in [5.74, 6) is 0.885. The molecule has 0 aliphatic carbocycles. The Morgan fingerprint density at radius 1 is 1.37 bits per heavy atom. The van der Waals surface area contributed by atoms with E-state index in [2.05, 4.69) is 55.3 Å². The minimum atomic E-state index is 0.502. The molecule has 0 bridgehead atoms. The Bertz CT molecular complexity index is 389. The standard InChI is InChI=1S/C17H28N2/c1-4-18-17(16-8-6-5-7-15(16)3)10-12-19-11-9-14(2)13-19/h5-8,14,17-18H,4,9-13H2,1-3H3. The van der Waals surface area contributed by atoms with Crippen LogP contribution in [0.3, 0.4) is 0 Å². The van der Waals surface area contributed by atoms with Gasteiger partial charge < -0.3 is 10.2 Å². The Hall–Kier alpha value is -0.860. The molecule has 1 saturated heterocycles. The van der Waals surface area contributed by atoms with E-state index in [0.29, 0.717) is 6.04 Å². The van der Waals surface area contributed by atoms with Gasteiger partial charge in [-0.25, -0.2) is 0 Å². The Balaban J connectivity index is 1.94. The molecule has 1 heterocycles. The third kappa shape index (κ3) is 4.05. The zero-order valence-electron chi connectivity index (χ0n) is 12.7. The number of benzene rings is 1. The van der Waals surface area contributed by atoms with Crippen LogP contribution in [0.15, 0.2) is 24.3 Å². The van der Waals surface area contributed by atoms with Gasteiger partial charge in [-0.2, -0.15) is 0 Å². The first-order chi connectivity index (χ1) is 9.20. The fourth-order valence-electron chi connectivity index (χ4n) is 3.13. The molecule has 1 aromatic rings. The van der Waals surface area contributed by atoms with Crippen LogP contribution in [0.4, 0.5) is 0 Å². The van der Waals surface area contributed by atoms with Gasteiger partial charge in [0.25, 0.3) is 0 Å².